The normalized spacial score (nSPS) is 19.6. The Bertz CT molecular complexity index is 234. The summed E-state index contributed by atoms with van der Waals surface area (Å²) in [5.74, 6) is 0.502. The molecule has 1 amide bonds. The first kappa shape index (κ1) is 13.5. The molecule has 0 saturated heterocycles. The first-order chi connectivity index (χ1) is 7.49. The molecule has 3 heteroatoms. The lowest BCUT2D eigenvalue weighted by Crippen LogP contribution is -2.43. The predicted octanol–water partition coefficient (Wildman–Crippen LogP) is 2.06. The highest BCUT2D eigenvalue weighted by molar-refractivity contribution is 5.81. The van der Waals surface area contributed by atoms with Gasteiger partial charge in [0.1, 0.15) is 0 Å². The van der Waals surface area contributed by atoms with Gasteiger partial charge in [0.25, 0.3) is 0 Å². The van der Waals surface area contributed by atoms with Crippen LogP contribution in [0, 0.1) is 11.3 Å². The van der Waals surface area contributed by atoms with E-state index in [9.17, 15) is 4.79 Å². The molecule has 1 aliphatic carbocycles. The third-order valence-electron chi connectivity index (χ3n) is 3.44. The third kappa shape index (κ3) is 4.12. The van der Waals surface area contributed by atoms with Gasteiger partial charge in [-0.3, -0.25) is 4.79 Å². The first-order valence-electron chi connectivity index (χ1n) is 6.52. The lowest BCUT2D eigenvalue weighted by Gasteiger charge is -2.18. The summed E-state index contributed by atoms with van der Waals surface area (Å²) >= 11 is 0. The topological polar surface area (TPSA) is 55.1 Å². The van der Waals surface area contributed by atoms with Crippen molar-refractivity contribution in [3.8, 4) is 0 Å². The molecular weight excluding hydrogens is 200 g/mol. The second kappa shape index (κ2) is 5.67. The van der Waals surface area contributed by atoms with Crippen molar-refractivity contribution in [2.24, 2.45) is 17.1 Å². The molecule has 0 heterocycles. The van der Waals surface area contributed by atoms with Gasteiger partial charge in [0.2, 0.25) is 5.91 Å². The maximum absolute atomic E-state index is 11.7. The fourth-order valence-electron chi connectivity index (χ4n) is 2.24. The van der Waals surface area contributed by atoms with Gasteiger partial charge in [-0.2, -0.15) is 0 Å². The van der Waals surface area contributed by atoms with Crippen LogP contribution in [0.15, 0.2) is 0 Å². The number of nitrogens with one attached hydrogen (secondary N) is 1. The van der Waals surface area contributed by atoms with Crippen LogP contribution in [-0.4, -0.2) is 18.5 Å². The smallest absolute Gasteiger partial charge is 0.236 e. The Morgan fingerprint density at radius 1 is 1.44 bits per heavy atom. The number of nitrogens with two attached hydrogens (primary N) is 1. The van der Waals surface area contributed by atoms with E-state index in [2.05, 4.69) is 26.1 Å². The average Bonchev–Trinajstić information content (AvgIpc) is 2.94. The molecule has 0 aliphatic heterocycles. The summed E-state index contributed by atoms with van der Waals surface area (Å²) in [7, 11) is 0. The molecule has 16 heavy (non-hydrogen) atoms. The molecule has 1 fully saturated rings. The zero-order chi connectivity index (χ0) is 12.2. The van der Waals surface area contributed by atoms with Gasteiger partial charge in [0.05, 0.1) is 6.04 Å². The highest BCUT2D eigenvalue weighted by atomic mass is 16.2. The summed E-state index contributed by atoms with van der Waals surface area (Å²) in [5.41, 5.74) is 6.25. The lowest BCUT2D eigenvalue weighted by atomic mass is 10.00. The van der Waals surface area contributed by atoms with E-state index >= 15 is 0 Å². The number of rotatable bonds is 7. The first-order valence-corrected chi connectivity index (χ1v) is 6.52. The number of hydrogen-bond donors (Lipinski definition) is 2. The number of carbonyl (C=O) groups excluding carboxylic acids is 1. The second-order valence-corrected chi connectivity index (χ2v) is 5.70. The highest BCUT2D eigenvalue weighted by Crippen LogP contribution is 2.48. The molecule has 1 saturated carbocycles. The Morgan fingerprint density at radius 3 is 2.50 bits per heavy atom. The standard InChI is InChI=1S/C13H26N2O/c1-4-5-13(6-7-13)9-15-12(16)11(14)8-10(2)3/h10-11H,4-9,14H2,1-3H3,(H,15,16)/t11-/m0/s1. The van der Waals surface area contributed by atoms with Crippen molar-refractivity contribution in [1.82, 2.24) is 5.32 Å². The summed E-state index contributed by atoms with van der Waals surface area (Å²) in [6.45, 7) is 7.21. The van der Waals surface area contributed by atoms with Crippen molar-refractivity contribution in [2.75, 3.05) is 6.54 Å². The Kier molecular flexibility index (Phi) is 4.78. The predicted molar refractivity (Wildman–Crippen MR) is 67.0 cm³/mol. The molecule has 1 atom stereocenters. The largest absolute Gasteiger partial charge is 0.354 e. The molecule has 3 N–H and O–H groups in total. The Morgan fingerprint density at radius 2 is 2.06 bits per heavy atom. The van der Waals surface area contributed by atoms with Gasteiger partial charge < -0.3 is 11.1 Å². The maximum Gasteiger partial charge on any atom is 0.236 e. The minimum absolute atomic E-state index is 0.0241. The van der Waals surface area contributed by atoms with E-state index in [1.807, 2.05) is 0 Å². The van der Waals surface area contributed by atoms with Crippen LogP contribution in [0.2, 0.25) is 0 Å². The fraction of sp³-hybridized carbons (Fsp3) is 0.923. The number of amides is 1. The Balaban J connectivity index is 2.24. The quantitative estimate of drug-likeness (QED) is 0.698. The molecule has 1 aliphatic rings. The zero-order valence-corrected chi connectivity index (χ0v) is 10.9. The van der Waals surface area contributed by atoms with E-state index in [1.165, 1.54) is 25.7 Å². The van der Waals surface area contributed by atoms with E-state index in [4.69, 9.17) is 5.73 Å². The summed E-state index contributed by atoms with van der Waals surface area (Å²) in [6.07, 6.45) is 5.73. The SMILES string of the molecule is CCCC1(CNC(=O)[C@@H](N)CC(C)C)CC1. The van der Waals surface area contributed by atoms with Crippen molar-refractivity contribution >= 4 is 5.91 Å². The van der Waals surface area contributed by atoms with Crippen molar-refractivity contribution in [1.29, 1.82) is 0 Å². The Hall–Kier alpha value is -0.570. The van der Waals surface area contributed by atoms with Crippen LogP contribution in [0.5, 0.6) is 0 Å². The van der Waals surface area contributed by atoms with Crippen LogP contribution >= 0.6 is 0 Å². The van der Waals surface area contributed by atoms with Crippen LogP contribution in [0.25, 0.3) is 0 Å². The summed E-state index contributed by atoms with van der Waals surface area (Å²) in [4.78, 5) is 11.7. The van der Waals surface area contributed by atoms with Gasteiger partial charge in [-0.15, -0.1) is 0 Å². The lowest BCUT2D eigenvalue weighted by molar-refractivity contribution is -0.123. The van der Waals surface area contributed by atoms with Gasteiger partial charge in [-0.05, 0) is 37.0 Å². The van der Waals surface area contributed by atoms with E-state index in [0.717, 1.165) is 13.0 Å². The number of hydrogen-bond acceptors (Lipinski definition) is 2. The van der Waals surface area contributed by atoms with Crippen molar-refractivity contribution in [3.63, 3.8) is 0 Å². The molecule has 0 unspecified atom stereocenters. The van der Waals surface area contributed by atoms with Crippen LogP contribution in [-0.2, 0) is 4.79 Å². The van der Waals surface area contributed by atoms with Crippen LogP contribution in [0.3, 0.4) is 0 Å². The molecule has 0 radical (unpaired) electrons. The van der Waals surface area contributed by atoms with Crippen LogP contribution < -0.4 is 11.1 Å². The van der Waals surface area contributed by atoms with Crippen molar-refractivity contribution in [2.45, 2.75) is 58.9 Å². The van der Waals surface area contributed by atoms with Crippen molar-refractivity contribution in [3.05, 3.63) is 0 Å². The molecule has 0 aromatic heterocycles. The number of carbonyl (C=O) groups is 1. The maximum atomic E-state index is 11.7. The molecular formula is C13H26N2O. The van der Waals surface area contributed by atoms with Gasteiger partial charge in [-0.1, -0.05) is 27.2 Å². The summed E-state index contributed by atoms with van der Waals surface area (Å²) in [6, 6.07) is -0.336. The molecule has 1 rings (SSSR count). The third-order valence-corrected chi connectivity index (χ3v) is 3.44. The fourth-order valence-corrected chi connectivity index (χ4v) is 2.24. The Labute approximate surface area is 99.2 Å². The molecule has 0 bridgehead atoms. The molecule has 94 valence electrons. The summed E-state index contributed by atoms with van der Waals surface area (Å²) in [5, 5.41) is 3.01. The molecule has 3 nitrogen and oxygen atoms in total. The minimum Gasteiger partial charge on any atom is -0.354 e. The second-order valence-electron chi connectivity index (χ2n) is 5.70. The van der Waals surface area contributed by atoms with Gasteiger partial charge in [-0.25, -0.2) is 0 Å². The van der Waals surface area contributed by atoms with Crippen molar-refractivity contribution < 1.29 is 4.79 Å². The van der Waals surface area contributed by atoms with E-state index in [1.54, 1.807) is 0 Å². The van der Waals surface area contributed by atoms with E-state index in [-0.39, 0.29) is 11.9 Å². The van der Waals surface area contributed by atoms with Crippen LogP contribution in [0.1, 0.15) is 52.9 Å². The monoisotopic (exact) mass is 226 g/mol. The van der Waals surface area contributed by atoms with Crippen LogP contribution in [0.4, 0.5) is 0 Å². The average molecular weight is 226 g/mol. The van der Waals surface area contributed by atoms with Gasteiger partial charge in [0.15, 0.2) is 0 Å². The van der Waals surface area contributed by atoms with E-state index in [0.29, 0.717) is 11.3 Å². The van der Waals surface area contributed by atoms with E-state index < -0.39 is 0 Å². The molecule has 0 aromatic rings. The minimum atomic E-state index is -0.336. The van der Waals surface area contributed by atoms with Gasteiger partial charge in [0, 0.05) is 6.54 Å². The molecule has 0 aromatic carbocycles. The highest BCUT2D eigenvalue weighted by Gasteiger charge is 2.41. The van der Waals surface area contributed by atoms with Gasteiger partial charge >= 0.3 is 0 Å². The molecule has 0 spiro atoms. The zero-order valence-electron chi connectivity index (χ0n) is 10.9. The summed E-state index contributed by atoms with van der Waals surface area (Å²) < 4.78 is 0.